The van der Waals surface area contributed by atoms with Crippen molar-refractivity contribution in [3.05, 3.63) is 0 Å². The van der Waals surface area contributed by atoms with Crippen molar-refractivity contribution in [1.82, 2.24) is 0 Å². The molecule has 8 atom stereocenters. The lowest BCUT2D eigenvalue weighted by Crippen LogP contribution is -2.62. The molecule has 3 saturated carbocycles. The van der Waals surface area contributed by atoms with E-state index in [2.05, 4.69) is 6.92 Å². The SMILES string of the molecule is CC(=O)O[C@H]1C[C@@H]2C(=O)C[C@@H]3[C@H](CC[C@]4(C)OC(=O)CC[C@@H]34)[C@@]2(C)C[C@H]1OC(C)=O. The summed E-state index contributed by atoms with van der Waals surface area (Å²) >= 11 is 0. The zero-order valence-electron chi connectivity index (χ0n) is 18.3. The Labute approximate surface area is 177 Å². The average Bonchev–Trinajstić information content (AvgIpc) is 2.61. The molecule has 4 fully saturated rings. The van der Waals surface area contributed by atoms with Gasteiger partial charge in [0.25, 0.3) is 0 Å². The van der Waals surface area contributed by atoms with Crippen LogP contribution in [0.3, 0.4) is 0 Å². The molecule has 1 saturated heterocycles. The van der Waals surface area contributed by atoms with Crippen molar-refractivity contribution in [2.75, 3.05) is 0 Å². The molecule has 7 heteroatoms. The minimum atomic E-state index is -0.588. The minimum Gasteiger partial charge on any atom is -0.459 e. The van der Waals surface area contributed by atoms with E-state index in [-0.39, 0.29) is 40.8 Å². The van der Waals surface area contributed by atoms with Gasteiger partial charge in [0.1, 0.15) is 23.6 Å². The summed E-state index contributed by atoms with van der Waals surface area (Å²) < 4.78 is 16.8. The number of fused-ring (bicyclic) bond motifs is 5. The van der Waals surface area contributed by atoms with Gasteiger partial charge in [-0.3, -0.25) is 19.2 Å². The lowest BCUT2D eigenvalue weighted by Gasteiger charge is -2.61. The van der Waals surface area contributed by atoms with Crippen LogP contribution in [-0.4, -0.2) is 41.5 Å². The highest BCUT2D eigenvalue weighted by Crippen LogP contribution is 2.62. The van der Waals surface area contributed by atoms with Gasteiger partial charge in [-0.2, -0.15) is 0 Å². The van der Waals surface area contributed by atoms with Gasteiger partial charge in [0.15, 0.2) is 0 Å². The fourth-order valence-corrected chi connectivity index (χ4v) is 7.22. The van der Waals surface area contributed by atoms with Crippen LogP contribution in [0, 0.1) is 29.1 Å². The van der Waals surface area contributed by atoms with Gasteiger partial charge in [0.05, 0.1) is 0 Å². The second kappa shape index (κ2) is 7.34. The van der Waals surface area contributed by atoms with E-state index in [9.17, 15) is 19.2 Å². The van der Waals surface area contributed by atoms with Crippen LogP contribution in [0.1, 0.15) is 72.6 Å². The first kappa shape index (κ1) is 21.3. The van der Waals surface area contributed by atoms with E-state index in [1.807, 2.05) is 6.92 Å². The lowest BCUT2D eigenvalue weighted by molar-refractivity contribution is -0.213. The number of rotatable bonds is 2. The van der Waals surface area contributed by atoms with Crippen LogP contribution in [0.5, 0.6) is 0 Å². The molecule has 0 N–H and O–H groups in total. The summed E-state index contributed by atoms with van der Waals surface area (Å²) in [5, 5.41) is 0. The third kappa shape index (κ3) is 3.44. The number of ether oxygens (including phenoxy) is 3. The predicted molar refractivity (Wildman–Crippen MR) is 105 cm³/mol. The third-order valence-corrected chi connectivity index (χ3v) is 8.40. The summed E-state index contributed by atoms with van der Waals surface area (Å²) in [7, 11) is 0. The van der Waals surface area contributed by atoms with Crippen LogP contribution in [0.2, 0.25) is 0 Å². The molecule has 3 aliphatic carbocycles. The van der Waals surface area contributed by atoms with E-state index in [1.165, 1.54) is 13.8 Å². The van der Waals surface area contributed by atoms with Crippen LogP contribution >= 0.6 is 0 Å². The number of hydrogen-bond acceptors (Lipinski definition) is 7. The van der Waals surface area contributed by atoms with Crippen LogP contribution < -0.4 is 0 Å². The fraction of sp³-hybridized carbons (Fsp3) is 0.826. The Balaban J connectivity index is 1.64. The standard InChI is InChI=1S/C23H32O7/c1-12(24)28-19-10-17-18(26)9-14-15(22(17,3)11-20(19)29-13(2)25)7-8-23(4)16(14)5-6-21(27)30-23/h14-17,19-20H,5-11H2,1-4H3/t14-,15+,16+,17-,19+,20-,22-,23+/m1/s1. The van der Waals surface area contributed by atoms with E-state index in [1.54, 1.807) is 0 Å². The predicted octanol–water partition coefficient (Wildman–Crippen LogP) is 2.98. The van der Waals surface area contributed by atoms with Gasteiger partial charge >= 0.3 is 17.9 Å². The molecule has 0 amide bonds. The Hall–Kier alpha value is -1.92. The smallest absolute Gasteiger partial charge is 0.306 e. The Morgan fingerprint density at radius 3 is 2.33 bits per heavy atom. The van der Waals surface area contributed by atoms with Gasteiger partial charge in [-0.15, -0.1) is 0 Å². The number of carbonyl (C=O) groups excluding carboxylic acids is 4. The molecule has 0 unspecified atom stereocenters. The molecule has 0 aromatic heterocycles. The molecule has 4 rings (SSSR count). The number of esters is 3. The Morgan fingerprint density at radius 1 is 1.00 bits per heavy atom. The second-order valence-electron chi connectivity index (χ2n) is 10.2. The van der Waals surface area contributed by atoms with Crippen molar-refractivity contribution in [2.24, 2.45) is 29.1 Å². The zero-order valence-corrected chi connectivity index (χ0v) is 18.3. The van der Waals surface area contributed by atoms with Crippen LogP contribution in [-0.2, 0) is 33.4 Å². The number of ketones is 1. The quantitative estimate of drug-likeness (QED) is 0.500. The van der Waals surface area contributed by atoms with Gasteiger partial charge in [0, 0.05) is 38.5 Å². The minimum absolute atomic E-state index is 0.143. The molecule has 0 spiro atoms. The molecule has 0 aromatic carbocycles. The van der Waals surface area contributed by atoms with Crippen molar-refractivity contribution in [3.8, 4) is 0 Å². The first-order valence-corrected chi connectivity index (χ1v) is 11.1. The van der Waals surface area contributed by atoms with E-state index in [0.29, 0.717) is 25.7 Å². The molecule has 30 heavy (non-hydrogen) atoms. The molecule has 1 aliphatic heterocycles. The van der Waals surface area contributed by atoms with Crippen molar-refractivity contribution in [2.45, 2.75) is 90.4 Å². The fourth-order valence-electron chi connectivity index (χ4n) is 7.22. The van der Waals surface area contributed by atoms with Gasteiger partial charge in [-0.05, 0) is 56.3 Å². The number of carbonyl (C=O) groups is 4. The lowest BCUT2D eigenvalue weighted by atomic mass is 9.45. The first-order chi connectivity index (χ1) is 14.0. The Bertz CT molecular complexity index is 776. The van der Waals surface area contributed by atoms with Crippen LogP contribution in [0.25, 0.3) is 0 Å². The topological polar surface area (TPSA) is 96.0 Å². The van der Waals surface area contributed by atoms with Gasteiger partial charge in [-0.25, -0.2) is 0 Å². The monoisotopic (exact) mass is 420 g/mol. The van der Waals surface area contributed by atoms with Crippen molar-refractivity contribution in [3.63, 3.8) is 0 Å². The zero-order chi connectivity index (χ0) is 21.8. The van der Waals surface area contributed by atoms with Crippen molar-refractivity contribution >= 4 is 23.7 Å². The Kier molecular flexibility index (Phi) is 5.22. The average molecular weight is 421 g/mol. The molecule has 0 radical (unpaired) electrons. The number of Topliss-reactive ketones (excluding diaryl/α,β-unsaturated/α-hetero) is 1. The van der Waals surface area contributed by atoms with E-state index < -0.39 is 29.7 Å². The Morgan fingerprint density at radius 2 is 1.67 bits per heavy atom. The van der Waals surface area contributed by atoms with Gasteiger partial charge < -0.3 is 14.2 Å². The normalized spacial score (nSPS) is 45.3. The maximum Gasteiger partial charge on any atom is 0.306 e. The third-order valence-electron chi connectivity index (χ3n) is 8.40. The van der Waals surface area contributed by atoms with Gasteiger partial charge in [-0.1, -0.05) is 6.92 Å². The highest BCUT2D eigenvalue weighted by molar-refractivity contribution is 5.84. The summed E-state index contributed by atoms with van der Waals surface area (Å²) in [6, 6.07) is 0. The largest absolute Gasteiger partial charge is 0.459 e. The van der Waals surface area contributed by atoms with Crippen molar-refractivity contribution < 1.29 is 33.4 Å². The molecule has 7 nitrogen and oxygen atoms in total. The molecule has 0 bridgehead atoms. The van der Waals surface area contributed by atoms with E-state index >= 15 is 0 Å². The molecule has 4 aliphatic rings. The molecular formula is C23H32O7. The van der Waals surface area contributed by atoms with Crippen molar-refractivity contribution in [1.29, 1.82) is 0 Å². The van der Waals surface area contributed by atoms with E-state index in [0.717, 1.165) is 19.3 Å². The summed E-state index contributed by atoms with van der Waals surface area (Å²) in [5.41, 5.74) is -0.830. The highest BCUT2D eigenvalue weighted by atomic mass is 16.6. The maximum atomic E-state index is 13.3. The molecule has 1 heterocycles. The summed E-state index contributed by atoms with van der Waals surface area (Å²) in [5.74, 6) is -0.388. The first-order valence-electron chi connectivity index (χ1n) is 11.1. The molecule has 0 aromatic rings. The van der Waals surface area contributed by atoms with Gasteiger partial charge in [0.2, 0.25) is 0 Å². The van der Waals surface area contributed by atoms with Crippen LogP contribution in [0.4, 0.5) is 0 Å². The second-order valence-corrected chi connectivity index (χ2v) is 10.2. The summed E-state index contributed by atoms with van der Waals surface area (Å²) in [6.07, 6.45) is 3.07. The molecule has 166 valence electrons. The highest BCUT2D eigenvalue weighted by Gasteiger charge is 2.63. The molecular weight excluding hydrogens is 388 g/mol. The summed E-state index contributed by atoms with van der Waals surface area (Å²) in [4.78, 5) is 48.6. The maximum absolute atomic E-state index is 13.3. The summed E-state index contributed by atoms with van der Waals surface area (Å²) in [6.45, 7) is 6.85. The number of hydrogen-bond donors (Lipinski definition) is 0. The van der Waals surface area contributed by atoms with Crippen LogP contribution in [0.15, 0.2) is 0 Å². The van der Waals surface area contributed by atoms with E-state index in [4.69, 9.17) is 14.2 Å².